The Bertz CT molecular complexity index is 3140. The molecule has 0 saturated heterocycles. The van der Waals surface area contributed by atoms with Crippen LogP contribution < -0.4 is 0 Å². The summed E-state index contributed by atoms with van der Waals surface area (Å²) in [4.78, 5) is 69.5. The standard InChI is InChI=1S/C6H9BrN2.2C6H9ClN2.C6H9N3O2.C5H7BrN2.2C5H7ClN2.C5H7N3O2.C5H5N3/c1-4-6(7)9(3)5(2)8-4;1-4-6(7)8-5(2)9(4)3;1-4-6(7)9(3)5(2)8-4;1-4-6(9(10)11)7-5(2)8(4)3;3*1-3-5(6)8-4(2)7-3;1-3-5(8(9)10)7-4(2)6-3;1-4-5(2-6)8-3-7-4/h3*1-3H3;1-3H3;3*1-2H3,(H,7,8);1-2H3,(H,6,7);3H,1H3,(H,7,8). The second-order valence-electron chi connectivity index (χ2n) is 17.4. The molecule has 0 amide bonds. The van der Waals surface area contributed by atoms with Crippen LogP contribution in [0.25, 0.3) is 0 Å². The van der Waals surface area contributed by atoms with Gasteiger partial charge in [0.05, 0.1) is 34.8 Å². The minimum atomic E-state index is -0.477. The van der Waals surface area contributed by atoms with Crippen molar-refractivity contribution in [1.82, 2.24) is 88.0 Å². The molecule has 0 aliphatic heterocycles. The van der Waals surface area contributed by atoms with Crippen molar-refractivity contribution in [3.05, 3.63) is 160 Å². The number of aromatic amines is 5. The Balaban J connectivity index is 0.000000451. The zero-order chi connectivity index (χ0) is 61.8. The van der Waals surface area contributed by atoms with Gasteiger partial charge in [-0.25, -0.2) is 44.9 Å². The van der Waals surface area contributed by atoms with Gasteiger partial charge in [-0.3, -0.25) is 0 Å². The van der Waals surface area contributed by atoms with Gasteiger partial charge >= 0.3 is 11.6 Å². The molecule has 0 aromatic carbocycles. The van der Waals surface area contributed by atoms with Gasteiger partial charge in [0.25, 0.3) is 0 Å². The number of aromatic nitrogens is 18. The molecule has 31 heteroatoms. The molecule has 9 aromatic heterocycles. The van der Waals surface area contributed by atoms with Gasteiger partial charge in [0, 0.05) is 53.4 Å². The molecule has 5 N–H and O–H groups in total. The van der Waals surface area contributed by atoms with Gasteiger partial charge in [0.15, 0.2) is 11.5 Å². The lowest BCUT2D eigenvalue weighted by atomic mass is 10.4. The monoisotopic (exact) mass is 1310 g/mol. The highest BCUT2D eigenvalue weighted by molar-refractivity contribution is 9.10. The van der Waals surface area contributed by atoms with E-state index in [0.717, 1.165) is 89.2 Å². The summed E-state index contributed by atoms with van der Waals surface area (Å²) < 4.78 is 9.50. The quantitative estimate of drug-likeness (QED) is 0.0794. The molecular weight excluding hydrogens is 1250 g/mol. The molecule has 0 unspecified atom stereocenters. The summed E-state index contributed by atoms with van der Waals surface area (Å²) in [7, 11) is 7.59. The van der Waals surface area contributed by atoms with Crippen molar-refractivity contribution in [1.29, 1.82) is 5.26 Å². The predicted octanol–water partition coefficient (Wildman–Crippen LogP) is 12.8. The smallest absolute Gasteiger partial charge is 0.358 e. The van der Waals surface area contributed by atoms with E-state index < -0.39 is 9.85 Å². The maximum Gasteiger partial charge on any atom is 0.384 e. The fraction of sp³-hybridized carbons (Fsp3) is 0.429. The first-order valence-corrected chi connectivity index (χ1v) is 26.8. The first-order valence-electron chi connectivity index (χ1n) is 23.7. The zero-order valence-electron chi connectivity index (χ0n) is 48.6. The predicted molar refractivity (Wildman–Crippen MR) is 320 cm³/mol. The van der Waals surface area contributed by atoms with Crippen molar-refractivity contribution in [2.24, 2.45) is 28.2 Å². The number of hydrogen-bond donors (Lipinski definition) is 5. The Hall–Kier alpha value is -6.70. The third-order valence-electron chi connectivity index (χ3n) is 11.0. The third-order valence-corrected chi connectivity index (χ3v) is 14.5. The Morgan fingerprint density at radius 2 is 0.938 bits per heavy atom. The summed E-state index contributed by atoms with van der Waals surface area (Å²) in [5.74, 6) is 6.81. The number of nitro groups is 2. The fourth-order valence-corrected chi connectivity index (χ4v) is 7.51. The van der Waals surface area contributed by atoms with Crippen molar-refractivity contribution < 1.29 is 9.85 Å². The van der Waals surface area contributed by atoms with Crippen molar-refractivity contribution in [3.8, 4) is 6.07 Å². The first kappa shape index (κ1) is 71.3. The number of nitrogens with one attached hydrogen (secondary N) is 5. The summed E-state index contributed by atoms with van der Waals surface area (Å²) in [5, 5.41) is 31.2. The van der Waals surface area contributed by atoms with Crippen LogP contribution in [0.4, 0.5) is 11.6 Å². The molecule has 0 fully saturated rings. The second-order valence-corrected chi connectivity index (χ2v) is 20.3. The number of rotatable bonds is 2. The number of aryl methyl sites for hydroxylation is 15. The van der Waals surface area contributed by atoms with Crippen LogP contribution in [-0.4, -0.2) is 97.9 Å². The summed E-state index contributed by atoms with van der Waals surface area (Å²) in [5.41, 5.74) is 8.25. The van der Waals surface area contributed by atoms with E-state index in [0.29, 0.717) is 44.2 Å². The molecule has 436 valence electrons. The van der Waals surface area contributed by atoms with Gasteiger partial charge in [-0.05, 0) is 151 Å². The maximum absolute atomic E-state index is 10.3. The molecule has 0 aliphatic rings. The molecule has 0 aliphatic carbocycles. The van der Waals surface area contributed by atoms with E-state index in [1.54, 1.807) is 39.3 Å². The van der Waals surface area contributed by atoms with E-state index >= 15 is 0 Å². The average molecular weight is 1320 g/mol. The molecule has 0 radical (unpaired) electrons. The maximum atomic E-state index is 10.3. The molecule has 0 atom stereocenters. The minimum Gasteiger partial charge on any atom is -0.358 e. The van der Waals surface area contributed by atoms with Crippen molar-refractivity contribution in [2.45, 2.75) is 118 Å². The minimum absolute atomic E-state index is 0.0162. The lowest BCUT2D eigenvalue weighted by Crippen LogP contribution is -1.94. The highest BCUT2D eigenvalue weighted by Crippen LogP contribution is 2.18. The Kier molecular flexibility index (Phi) is 29.5. The van der Waals surface area contributed by atoms with Crippen LogP contribution in [0.5, 0.6) is 0 Å². The SMILES string of the molecule is Cc1[nH]cnc1C#N.Cc1nc(Br)c(C)[nH]1.Cc1nc(C)c([N+](=O)[O-])[nH]1.Cc1nc(C)n(C)c1Br.Cc1nc(C)n(C)c1Cl.Cc1nc(Cl)c(C)[nH]1.Cc1nc(Cl)c(C)[nH]1.Cc1nc(Cl)c(C)n1C.Cc1nc([N+](=O)[O-])c(C)n1C. The summed E-state index contributed by atoms with van der Waals surface area (Å²) in [6.45, 7) is 31.6. The van der Waals surface area contributed by atoms with E-state index in [2.05, 4.69) is 102 Å². The Labute approximate surface area is 501 Å². The molecule has 25 nitrogen and oxygen atoms in total. The van der Waals surface area contributed by atoms with Crippen LogP contribution in [0.1, 0.15) is 104 Å². The van der Waals surface area contributed by atoms with E-state index in [4.69, 9.17) is 51.7 Å². The molecule has 80 heavy (non-hydrogen) atoms. The van der Waals surface area contributed by atoms with Gasteiger partial charge in [0.1, 0.15) is 82.2 Å². The zero-order valence-corrected chi connectivity index (χ0v) is 54.8. The van der Waals surface area contributed by atoms with Crippen LogP contribution in [-0.2, 0) is 28.2 Å². The van der Waals surface area contributed by atoms with E-state index in [-0.39, 0.29) is 11.6 Å². The van der Waals surface area contributed by atoms with Crippen molar-refractivity contribution >= 4 is 89.9 Å². The Morgan fingerprint density at radius 1 is 0.500 bits per heavy atom. The largest absolute Gasteiger partial charge is 0.384 e. The number of halogens is 6. The summed E-state index contributed by atoms with van der Waals surface area (Å²) in [6.07, 6.45) is 1.51. The van der Waals surface area contributed by atoms with E-state index in [1.165, 1.54) is 6.33 Å². The highest BCUT2D eigenvalue weighted by atomic mass is 79.9. The van der Waals surface area contributed by atoms with Gasteiger partial charge in [-0.15, -0.1) is 0 Å². The van der Waals surface area contributed by atoms with E-state index in [9.17, 15) is 20.2 Å². The van der Waals surface area contributed by atoms with Crippen LogP contribution in [0.3, 0.4) is 0 Å². The topological polar surface area (TPSA) is 325 Å². The van der Waals surface area contributed by atoms with Gasteiger partial charge in [-0.1, -0.05) is 46.4 Å². The van der Waals surface area contributed by atoms with Crippen molar-refractivity contribution in [2.75, 3.05) is 0 Å². The summed E-state index contributed by atoms with van der Waals surface area (Å²) in [6, 6.07) is 1.93. The molecule has 0 saturated carbocycles. The van der Waals surface area contributed by atoms with Crippen LogP contribution in [0.2, 0.25) is 20.6 Å². The van der Waals surface area contributed by atoms with Crippen LogP contribution in [0, 0.1) is 149 Å². The lowest BCUT2D eigenvalue weighted by Gasteiger charge is -1.94. The number of imidazole rings is 9. The average Bonchev–Trinajstić information content (AvgIpc) is 4.28. The lowest BCUT2D eigenvalue weighted by molar-refractivity contribution is -0.390. The second kappa shape index (κ2) is 33.1. The molecule has 0 spiro atoms. The number of nitrogens with zero attached hydrogens (tertiary/aromatic N) is 16. The molecule has 0 bridgehead atoms. The number of H-pyrrole nitrogens is 5. The third kappa shape index (κ3) is 22.4. The van der Waals surface area contributed by atoms with E-state index in [1.807, 2.05) is 131 Å². The molecule has 9 rings (SSSR count). The van der Waals surface area contributed by atoms with Crippen LogP contribution in [0.15, 0.2) is 15.5 Å². The normalized spacial score (nSPS) is 9.88. The Morgan fingerprint density at radius 3 is 1.07 bits per heavy atom. The fourth-order valence-electron chi connectivity index (χ4n) is 6.04. The van der Waals surface area contributed by atoms with Gasteiger partial charge in [-0.2, -0.15) is 5.26 Å². The van der Waals surface area contributed by atoms with Crippen molar-refractivity contribution in [3.63, 3.8) is 0 Å². The molecule has 9 heterocycles. The highest BCUT2D eigenvalue weighted by Gasteiger charge is 2.19. The number of nitriles is 1. The first-order chi connectivity index (χ1) is 37.0. The molecular formula is C49H69Br2Cl4N21O4. The summed E-state index contributed by atoms with van der Waals surface area (Å²) >= 11 is 29.4. The number of hydrogen-bond acceptors (Lipinski definition) is 14. The van der Waals surface area contributed by atoms with Gasteiger partial charge < -0.3 is 58.4 Å². The van der Waals surface area contributed by atoms with Crippen LogP contribution >= 0.6 is 78.3 Å². The molecule has 9 aromatic rings. The van der Waals surface area contributed by atoms with Gasteiger partial charge in [0.2, 0.25) is 5.82 Å².